The van der Waals surface area contributed by atoms with Gasteiger partial charge in [0.05, 0.1) is 18.4 Å². The van der Waals surface area contributed by atoms with E-state index in [1.165, 1.54) is 11.1 Å². The van der Waals surface area contributed by atoms with Crippen molar-refractivity contribution in [3.8, 4) is 17.2 Å². The molecule has 0 amide bonds. The van der Waals surface area contributed by atoms with Gasteiger partial charge in [-0.05, 0) is 43.7 Å². The molecular formula is C14H18N2O2. The van der Waals surface area contributed by atoms with Crippen LogP contribution in [0.15, 0.2) is 22.8 Å². The van der Waals surface area contributed by atoms with Crippen LogP contribution in [-0.4, -0.2) is 18.6 Å². The van der Waals surface area contributed by atoms with Crippen molar-refractivity contribution in [2.24, 2.45) is 5.73 Å². The van der Waals surface area contributed by atoms with Gasteiger partial charge in [-0.15, -0.1) is 0 Å². The van der Waals surface area contributed by atoms with Crippen LogP contribution >= 0.6 is 0 Å². The highest BCUT2D eigenvalue weighted by atomic mass is 16.5. The Hall–Kier alpha value is -1.81. The standard InChI is InChI=1S/C14H18N2O2/c1-9-6-12(13(17-3)7-10(9)2)14-16-11(4-5-15)8-18-14/h6-8H,4-5,15H2,1-3H3. The minimum absolute atomic E-state index is 0.566. The molecule has 1 heterocycles. The van der Waals surface area contributed by atoms with Gasteiger partial charge in [-0.25, -0.2) is 4.98 Å². The first-order chi connectivity index (χ1) is 8.65. The first-order valence-corrected chi connectivity index (χ1v) is 5.95. The molecule has 0 bridgehead atoms. The van der Waals surface area contributed by atoms with E-state index in [1.54, 1.807) is 13.4 Å². The van der Waals surface area contributed by atoms with E-state index in [4.69, 9.17) is 14.9 Å². The lowest BCUT2D eigenvalue weighted by molar-refractivity contribution is 0.414. The number of methoxy groups -OCH3 is 1. The Kier molecular flexibility index (Phi) is 3.67. The summed E-state index contributed by atoms with van der Waals surface area (Å²) in [6, 6.07) is 4.03. The van der Waals surface area contributed by atoms with E-state index in [9.17, 15) is 0 Å². The molecule has 0 unspecified atom stereocenters. The molecule has 18 heavy (non-hydrogen) atoms. The molecule has 4 nitrogen and oxygen atoms in total. The third kappa shape index (κ3) is 2.38. The molecule has 0 saturated carbocycles. The second-order valence-corrected chi connectivity index (χ2v) is 4.32. The first-order valence-electron chi connectivity index (χ1n) is 5.95. The van der Waals surface area contributed by atoms with Crippen molar-refractivity contribution < 1.29 is 9.15 Å². The Morgan fingerprint density at radius 3 is 2.67 bits per heavy atom. The minimum atomic E-state index is 0.566. The van der Waals surface area contributed by atoms with Crippen molar-refractivity contribution in [3.05, 3.63) is 35.2 Å². The number of rotatable bonds is 4. The Morgan fingerprint density at radius 1 is 1.28 bits per heavy atom. The van der Waals surface area contributed by atoms with Gasteiger partial charge in [-0.1, -0.05) is 0 Å². The van der Waals surface area contributed by atoms with Crippen LogP contribution in [0.1, 0.15) is 16.8 Å². The average molecular weight is 246 g/mol. The molecule has 1 aromatic heterocycles. The number of aryl methyl sites for hydroxylation is 2. The largest absolute Gasteiger partial charge is 0.496 e. The maximum atomic E-state index is 5.50. The molecule has 1 aromatic carbocycles. The lowest BCUT2D eigenvalue weighted by Crippen LogP contribution is -2.02. The van der Waals surface area contributed by atoms with Crippen LogP contribution in [0.4, 0.5) is 0 Å². The number of benzene rings is 1. The average Bonchev–Trinajstić information content (AvgIpc) is 2.81. The molecule has 2 rings (SSSR count). The van der Waals surface area contributed by atoms with E-state index >= 15 is 0 Å². The van der Waals surface area contributed by atoms with Gasteiger partial charge in [-0.2, -0.15) is 0 Å². The molecule has 4 heteroatoms. The van der Waals surface area contributed by atoms with Crippen molar-refractivity contribution in [1.29, 1.82) is 0 Å². The molecule has 96 valence electrons. The lowest BCUT2D eigenvalue weighted by atomic mass is 10.1. The summed E-state index contributed by atoms with van der Waals surface area (Å²) in [5.41, 5.74) is 9.62. The second-order valence-electron chi connectivity index (χ2n) is 4.32. The first kappa shape index (κ1) is 12.6. The van der Waals surface area contributed by atoms with Gasteiger partial charge in [0.2, 0.25) is 5.89 Å². The monoisotopic (exact) mass is 246 g/mol. The van der Waals surface area contributed by atoms with Crippen molar-refractivity contribution in [2.45, 2.75) is 20.3 Å². The zero-order chi connectivity index (χ0) is 13.1. The van der Waals surface area contributed by atoms with Crippen LogP contribution in [0, 0.1) is 13.8 Å². The van der Waals surface area contributed by atoms with Crippen LogP contribution in [0.5, 0.6) is 5.75 Å². The molecule has 0 radical (unpaired) electrons. The van der Waals surface area contributed by atoms with Crippen LogP contribution < -0.4 is 10.5 Å². The number of ether oxygens (including phenoxy) is 1. The summed E-state index contributed by atoms with van der Waals surface area (Å²) in [5, 5.41) is 0. The summed E-state index contributed by atoms with van der Waals surface area (Å²) in [7, 11) is 1.65. The van der Waals surface area contributed by atoms with Crippen LogP contribution in [0.3, 0.4) is 0 Å². The number of hydrogen-bond donors (Lipinski definition) is 1. The van der Waals surface area contributed by atoms with E-state index in [0.717, 1.165) is 23.4 Å². The third-order valence-electron chi connectivity index (χ3n) is 3.00. The van der Waals surface area contributed by atoms with E-state index in [1.807, 2.05) is 12.1 Å². The second kappa shape index (κ2) is 5.23. The fourth-order valence-electron chi connectivity index (χ4n) is 1.82. The predicted molar refractivity (Wildman–Crippen MR) is 70.7 cm³/mol. The molecule has 0 fully saturated rings. The fourth-order valence-corrected chi connectivity index (χ4v) is 1.82. The minimum Gasteiger partial charge on any atom is -0.496 e. The quantitative estimate of drug-likeness (QED) is 0.900. The number of oxazole rings is 1. The SMILES string of the molecule is COc1cc(C)c(C)cc1-c1nc(CCN)co1. The molecule has 0 aliphatic rings. The molecule has 0 aliphatic heterocycles. The van der Waals surface area contributed by atoms with E-state index < -0.39 is 0 Å². The highest BCUT2D eigenvalue weighted by Gasteiger charge is 2.13. The lowest BCUT2D eigenvalue weighted by Gasteiger charge is -2.09. The summed E-state index contributed by atoms with van der Waals surface area (Å²) in [4.78, 5) is 4.42. The summed E-state index contributed by atoms with van der Waals surface area (Å²) < 4.78 is 10.9. The van der Waals surface area contributed by atoms with Crippen LogP contribution in [0.25, 0.3) is 11.5 Å². The molecule has 2 aromatic rings. The molecule has 0 aliphatic carbocycles. The van der Waals surface area contributed by atoms with E-state index in [-0.39, 0.29) is 0 Å². The smallest absolute Gasteiger partial charge is 0.229 e. The normalized spacial score (nSPS) is 10.7. The van der Waals surface area contributed by atoms with Crippen molar-refractivity contribution in [2.75, 3.05) is 13.7 Å². The Balaban J connectivity index is 2.45. The van der Waals surface area contributed by atoms with Crippen LogP contribution in [0.2, 0.25) is 0 Å². The van der Waals surface area contributed by atoms with E-state index in [0.29, 0.717) is 12.4 Å². The van der Waals surface area contributed by atoms with Crippen molar-refractivity contribution in [3.63, 3.8) is 0 Å². The molecule has 0 saturated heterocycles. The summed E-state index contributed by atoms with van der Waals surface area (Å²) in [5.74, 6) is 1.36. The zero-order valence-corrected chi connectivity index (χ0v) is 11.0. The Bertz CT molecular complexity index is 547. The number of aromatic nitrogens is 1. The van der Waals surface area contributed by atoms with E-state index in [2.05, 4.69) is 18.8 Å². The van der Waals surface area contributed by atoms with Crippen molar-refractivity contribution >= 4 is 0 Å². The van der Waals surface area contributed by atoms with Gasteiger partial charge in [0, 0.05) is 6.42 Å². The fraction of sp³-hybridized carbons (Fsp3) is 0.357. The molecule has 0 atom stereocenters. The van der Waals surface area contributed by atoms with Gasteiger partial charge < -0.3 is 14.9 Å². The number of nitrogens with two attached hydrogens (primary N) is 1. The van der Waals surface area contributed by atoms with Crippen LogP contribution in [-0.2, 0) is 6.42 Å². The van der Waals surface area contributed by atoms with Gasteiger partial charge >= 0.3 is 0 Å². The summed E-state index contributed by atoms with van der Waals surface area (Å²) in [6.07, 6.45) is 2.37. The van der Waals surface area contributed by atoms with Crippen molar-refractivity contribution in [1.82, 2.24) is 4.98 Å². The number of nitrogens with zero attached hydrogens (tertiary/aromatic N) is 1. The van der Waals surface area contributed by atoms with Gasteiger partial charge in [0.15, 0.2) is 0 Å². The predicted octanol–water partition coefficient (Wildman–Crippen LogP) is 2.47. The van der Waals surface area contributed by atoms with Gasteiger partial charge in [0.1, 0.15) is 12.0 Å². The Labute approximate surface area is 107 Å². The number of hydrogen-bond acceptors (Lipinski definition) is 4. The molecule has 0 spiro atoms. The van der Waals surface area contributed by atoms with Gasteiger partial charge in [-0.3, -0.25) is 0 Å². The maximum absolute atomic E-state index is 5.50. The van der Waals surface area contributed by atoms with Gasteiger partial charge in [0.25, 0.3) is 0 Å². The highest BCUT2D eigenvalue weighted by molar-refractivity contribution is 5.65. The Morgan fingerprint density at radius 2 is 2.00 bits per heavy atom. The highest BCUT2D eigenvalue weighted by Crippen LogP contribution is 2.32. The summed E-state index contributed by atoms with van der Waals surface area (Å²) >= 11 is 0. The molecular weight excluding hydrogens is 228 g/mol. The topological polar surface area (TPSA) is 61.3 Å². The maximum Gasteiger partial charge on any atom is 0.229 e. The third-order valence-corrected chi connectivity index (χ3v) is 3.00. The summed E-state index contributed by atoms with van der Waals surface area (Å²) in [6.45, 7) is 4.68. The molecule has 2 N–H and O–H groups in total. The zero-order valence-electron chi connectivity index (χ0n) is 11.0.